The van der Waals surface area contributed by atoms with Gasteiger partial charge in [0, 0.05) is 38.9 Å². The molecule has 0 aromatic heterocycles. The lowest BCUT2D eigenvalue weighted by molar-refractivity contribution is 0.145. The van der Waals surface area contributed by atoms with Gasteiger partial charge in [-0.3, -0.25) is 0 Å². The number of sulfonamides is 1. The molecule has 8 nitrogen and oxygen atoms in total. The fourth-order valence-electron chi connectivity index (χ4n) is 2.91. The van der Waals surface area contributed by atoms with Crippen LogP contribution in [0.2, 0.25) is 0 Å². The van der Waals surface area contributed by atoms with Gasteiger partial charge in [-0.1, -0.05) is 12.1 Å². The summed E-state index contributed by atoms with van der Waals surface area (Å²) in [5.41, 5.74) is 2.11. The summed E-state index contributed by atoms with van der Waals surface area (Å²) in [6.45, 7) is 7.77. The minimum atomic E-state index is -3.07. The maximum absolute atomic E-state index is 11.9. The number of ether oxygens (including phenoxy) is 2. The van der Waals surface area contributed by atoms with E-state index in [9.17, 15) is 8.42 Å². The second kappa shape index (κ2) is 13.2. The van der Waals surface area contributed by atoms with Crippen LogP contribution < -0.4 is 15.4 Å². The van der Waals surface area contributed by atoms with Crippen LogP contribution in [-0.4, -0.2) is 70.9 Å². The summed E-state index contributed by atoms with van der Waals surface area (Å²) in [6, 6.07) is 6.05. The molecule has 1 saturated heterocycles. The molecule has 1 fully saturated rings. The van der Waals surface area contributed by atoms with E-state index in [0.29, 0.717) is 51.8 Å². The van der Waals surface area contributed by atoms with Crippen LogP contribution in [-0.2, 0) is 21.3 Å². The Morgan fingerprint density at radius 2 is 2.07 bits per heavy atom. The van der Waals surface area contributed by atoms with E-state index >= 15 is 0 Å². The molecule has 1 aromatic rings. The molecule has 0 unspecified atom stereocenters. The number of nitrogens with one attached hydrogen (secondary N) is 2. The molecule has 0 aliphatic carbocycles. The van der Waals surface area contributed by atoms with Crippen LogP contribution in [0.4, 0.5) is 0 Å². The summed E-state index contributed by atoms with van der Waals surface area (Å²) in [4.78, 5) is 4.62. The molecule has 0 atom stereocenters. The summed E-state index contributed by atoms with van der Waals surface area (Å²) in [5, 5.41) is 6.40. The number of guanidine groups is 1. The zero-order valence-electron chi connectivity index (χ0n) is 17.4. The number of aryl methyl sites for hydroxylation is 1. The minimum Gasteiger partial charge on any atom is -0.491 e. The lowest BCUT2D eigenvalue weighted by Gasteiger charge is -2.17. The van der Waals surface area contributed by atoms with Gasteiger partial charge in [0.25, 0.3) is 0 Å². The van der Waals surface area contributed by atoms with Crippen molar-refractivity contribution < 1.29 is 17.9 Å². The molecular formula is C19H33IN4O4S. The van der Waals surface area contributed by atoms with Crippen LogP contribution in [0.15, 0.2) is 23.2 Å². The minimum absolute atomic E-state index is 0. The molecule has 1 aliphatic rings. The largest absolute Gasteiger partial charge is 0.491 e. The molecule has 1 aliphatic heterocycles. The quantitative estimate of drug-likeness (QED) is 0.203. The molecule has 0 bridgehead atoms. The van der Waals surface area contributed by atoms with Crippen LogP contribution in [0.1, 0.15) is 24.5 Å². The number of hydrogen-bond acceptors (Lipinski definition) is 5. The maximum Gasteiger partial charge on any atom is 0.214 e. The predicted molar refractivity (Wildman–Crippen MR) is 127 cm³/mol. The highest BCUT2D eigenvalue weighted by Crippen LogP contribution is 2.21. The predicted octanol–water partition coefficient (Wildman–Crippen LogP) is 1.73. The van der Waals surface area contributed by atoms with E-state index in [-0.39, 0.29) is 29.7 Å². The number of halogens is 1. The number of hydrogen-bond donors (Lipinski definition) is 2. The first-order valence-corrected chi connectivity index (χ1v) is 11.3. The van der Waals surface area contributed by atoms with E-state index in [4.69, 9.17) is 9.47 Å². The van der Waals surface area contributed by atoms with E-state index in [1.54, 1.807) is 7.11 Å². The van der Waals surface area contributed by atoms with Crippen LogP contribution >= 0.6 is 24.0 Å². The van der Waals surface area contributed by atoms with Gasteiger partial charge in [-0.15, -0.1) is 24.0 Å². The Hall–Kier alpha value is -1.11. The highest BCUT2D eigenvalue weighted by molar-refractivity contribution is 14.0. The second-order valence-corrected chi connectivity index (χ2v) is 8.73. The molecule has 1 aromatic carbocycles. The molecule has 0 amide bonds. The Balaban J connectivity index is 0.00000420. The topological polar surface area (TPSA) is 92.3 Å². The number of rotatable bonds is 10. The van der Waals surface area contributed by atoms with Gasteiger partial charge in [0.2, 0.25) is 10.0 Å². The van der Waals surface area contributed by atoms with Gasteiger partial charge in [0.05, 0.1) is 18.9 Å². The lowest BCUT2D eigenvalue weighted by atomic mass is 10.1. The van der Waals surface area contributed by atoms with Gasteiger partial charge < -0.3 is 20.1 Å². The van der Waals surface area contributed by atoms with Gasteiger partial charge in [-0.05, 0) is 31.9 Å². The van der Waals surface area contributed by atoms with Crippen molar-refractivity contribution >= 4 is 40.0 Å². The summed E-state index contributed by atoms with van der Waals surface area (Å²) in [7, 11) is -1.42. The highest BCUT2D eigenvalue weighted by atomic mass is 127. The number of benzene rings is 1. The standard InChI is InChI=1S/C19H32N4O4S.HI/c1-4-20-19(21-8-10-23-9-5-13-28(23,24)25)22-15-17-7-6-16(2)14-18(17)27-12-11-26-3;/h6-7,14H,4-5,8-13,15H2,1-3H3,(H2,20,21,22);1H. The average molecular weight is 540 g/mol. The second-order valence-electron chi connectivity index (χ2n) is 6.64. The highest BCUT2D eigenvalue weighted by Gasteiger charge is 2.27. The van der Waals surface area contributed by atoms with Crippen molar-refractivity contribution in [1.82, 2.24) is 14.9 Å². The SMILES string of the molecule is CCNC(=NCc1ccc(C)cc1OCCOC)NCCN1CCCS1(=O)=O.I. The summed E-state index contributed by atoms with van der Waals surface area (Å²) < 4.78 is 36.1. The fraction of sp³-hybridized carbons (Fsp3) is 0.632. The number of aliphatic imine (C=N–C) groups is 1. The first-order chi connectivity index (χ1) is 13.5. The van der Waals surface area contributed by atoms with Crippen molar-refractivity contribution in [2.45, 2.75) is 26.8 Å². The molecule has 0 radical (unpaired) electrons. The zero-order chi connectivity index (χ0) is 20.4. The first kappa shape index (κ1) is 25.9. The third kappa shape index (κ3) is 8.65. The summed E-state index contributed by atoms with van der Waals surface area (Å²) in [6.07, 6.45) is 0.704. The molecule has 2 N–H and O–H groups in total. The van der Waals surface area contributed by atoms with Gasteiger partial charge >= 0.3 is 0 Å². The van der Waals surface area contributed by atoms with Gasteiger partial charge in [0.15, 0.2) is 5.96 Å². The van der Waals surface area contributed by atoms with Crippen LogP contribution in [0.3, 0.4) is 0 Å². The molecular weight excluding hydrogens is 507 g/mol. The first-order valence-electron chi connectivity index (χ1n) is 9.67. The Morgan fingerprint density at radius 3 is 2.72 bits per heavy atom. The van der Waals surface area contributed by atoms with Crippen molar-refractivity contribution in [3.8, 4) is 5.75 Å². The molecule has 0 saturated carbocycles. The Morgan fingerprint density at radius 1 is 1.28 bits per heavy atom. The van der Waals surface area contributed by atoms with E-state index < -0.39 is 10.0 Å². The van der Waals surface area contributed by atoms with E-state index in [0.717, 1.165) is 23.4 Å². The van der Waals surface area contributed by atoms with Crippen molar-refractivity contribution in [2.24, 2.45) is 4.99 Å². The van der Waals surface area contributed by atoms with E-state index in [1.807, 2.05) is 32.0 Å². The van der Waals surface area contributed by atoms with Crippen molar-refractivity contribution in [3.63, 3.8) is 0 Å². The lowest BCUT2D eigenvalue weighted by Crippen LogP contribution is -2.42. The Bertz CT molecular complexity index is 759. The molecule has 2 rings (SSSR count). The number of nitrogens with zero attached hydrogens (tertiary/aromatic N) is 2. The Kier molecular flexibility index (Phi) is 11.8. The third-order valence-electron chi connectivity index (χ3n) is 4.38. The van der Waals surface area contributed by atoms with Crippen molar-refractivity contribution in [2.75, 3.05) is 52.3 Å². The summed E-state index contributed by atoms with van der Waals surface area (Å²) >= 11 is 0. The molecule has 29 heavy (non-hydrogen) atoms. The van der Waals surface area contributed by atoms with Crippen LogP contribution in [0, 0.1) is 6.92 Å². The number of methoxy groups -OCH3 is 1. The molecule has 166 valence electrons. The summed E-state index contributed by atoms with van der Waals surface area (Å²) in [5.74, 6) is 1.71. The van der Waals surface area contributed by atoms with E-state index in [2.05, 4.69) is 15.6 Å². The van der Waals surface area contributed by atoms with Gasteiger partial charge in [-0.2, -0.15) is 0 Å². The maximum atomic E-state index is 11.9. The smallest absolute Gasteiger partial charge is 0.214 e. The monoisotopic (exact) mass is 540 g/mol. The van der Waals surface area contributed by atoms with Gasteiger partial charge in [-0.25, -0.2) is 17.7 Å². The van der Waals surface area contributed by atoms with Crippen LogP contribution in [0.5, 0.6) is 5.75 Å². The molecule has 1 heterocycles. The molecule has 10 heteroatoms. The van der Waals surface area contributed by atoms with Crippen molar-refractivity contribution in [3.05, 3.63) is 29.3 Å². The van der Waals surface area contributed by atoms with Gasteiger partial charge in [0.1, 0.15) is 12.4 Å². The Labute approximate surface area is 191 Å². The average Bonchev–Trinajstić information content (AvgIpc) is 2.99. The molecule has 0 spiro atoms. The van der Waals surface area contributed by atoms with E-state index in [1.165, 1.54) is 4.31 Å². The zero-order valence-corrected chi connectivity index (χ0v) is 20.6. The fourth-order valence-corrected chi connectivity index (χ4v) is 4.44. The van der Waals surface area contributed by atoms with Crippen molar-refractivity contribution in [1.29, 1.82) is 0 Å². The normalized spacial score (nSPS) is 16.3. The third-order valence-corrected chi connectivity index (χ3v) is 6.33. The van der Waals surface area contributed by atoms with Crippen LogP contribution in [0.25, 0.3) is 0 Å².